The molecule has 0 fully saturated rings. The molecule has 0 saturated heterocycles. The highest BCUT2D eigenvalue weighted by Crippen LogP contribution is 2.15. The number of methoxy groups -OCH3 is 1. The Bertz CT molecular complexity index is 597. The molecule has 4 nitrogen and oxygen atoms in total. The maximum atomic E-state index is 5.42. The van der Waals surface area contributed by atoms with Crippen molar-refractivity contribution in [2.75, 3.05) is 19.0 Å². The van der Waals surface area contributed by atoms with Gasteiger partial charge in [0.05, 0.1) is 13.7 Å². The topological polar surface area (TPSA) is 42.5 Å². The largest absolute Gasteiger partial charge is 0.497 e. The van der Waals surface area contributed by atoms with Crippen LogP contribution in [0.15, 0.2) is 48.5 Å². The van der Waals surface area contributed by atoms with E-state index in [1.54, 1.807) is 7.11 Å². The van der Waals surface area contributed by atoms with E-state index in [4.69, 9.17) is 21.7 Å². The molecule has 0 aliphatic carbocycles. The van der Waals surface area contributed by atoms with E-state index < -0.39 is 0 Å². The van der Waals surface area contributed by atoms with Crippen molar-refractivity contribution >= 4 is 23.0 Å². The zero-order chi connectivity index (χ0) is 15.8. The van der Waals surface area contributed by atoms with Gasteiger partial charge in [0, 0.05) is 12.2 Å². The molecule has 0 saturated carbocycles. The summed E-state index contributed by atoms with van der Waals surface area (Å²) in [6, 6.07) is 15.6. The molecular formula is C17H20N2O2S. The molecule has 2 aromatic rings. The summed E-state index contributed by atoms with van der Waals surface area (Å²) >= 11 is 5.29. The van der Waals surface area contributed by atoms with Gasteiger partial charge in [0.1, 0.15) is 11.5 Å². The molecule has 2 N–H and O–H groups in total. The fourth-order valence-electron chi connectivity index (χ4n) is 1.90. The number of anilines is 1. The Morgan fingerprint density at radius 2 is 1.64 bits per heavy atom. The minimum absolute atomic E-state index is 0.582. The monoisotopic (exact) mass is 316 g/mol. The molecule has 116 valence electrons. The summed E-state index contributed by atoms with van der Waals surface area (Å²) in [6.45, 7) is 3.31. The molecule has 5 heteroatoms. The average molecular weight is 316 g/mol. The van der Waals surface area contributed by atoms with Crippen molar-refractivity contribution in [1.82, 2.24) is 5.32 Å². The van der Waals surface area contributed by atoms with Crippen molar-refractivity contribution in [3.63, 3.8) is 0 Å². The zero-order valence-electron chi connectivity index (χ0n) is 12.8. The lowest BCUT2D eigenvalue weighted by atomic mass is 10.2. The highest BCUT2D eigenvalue weighted by Gasteiger charge is 2.00. The van der Waals surface area contributed by atoms with E-state index in [0.29, 0.717) is 18.3 Å². The van der Waals surface area contributed by atoms with Crippen LogP contribution in [-0.4, -0.2) is 18.8 Å². The van der Waals surface area contributed by atoms with Gasteiger partial charge in [0.15, 0.2) is 5.11 Å². The summed E-state index contributed by atoms with van der Waals surface area (Å²) in [5.41, 5.74) is 2.06. The van der Waals surface area contributed by atoms with E-state index in [-0.39, 0.29) is 0 Å². The molecule has 0 heterocycles. The Hall–Kier alpha value is -2.27. The normalized spacial score (nSPS) is 9.91. The van der Waals surface area contributed by atoms with Crippen LogP contribution in [0.1, 0.15) is 12.5 Å². The number of thiocarbonyl (C=S) groups is 1. The first-order valence-electron chi connectivity index (χ1n) is 7.12. The van der Waals surface area contributed by atoms with Crippen LogP contribution in [0.3, 0.4) is 0 Å². The Morgan fingerprint density at radius 3 is 2.23 bits per heavy atom. The Morgan fingerprint density at radius 1 is 1.00 bits per heavy atom. The number of hydrogen-bond donors (Lipinski definition) is 2. The Balaban J connectivity index is 1.81. The first-order valence-corrected chi connectivity index (χ1v) is 7.52. The Labute approximate surface area is 136 Å². The lowest BCUT2D eigenvalue weighted by Crippen LogP contribution is -2.27. The number of rotatable bonds is 6. The molecule has 0 aliphatic heterocycles. The maximum Gasteiger partial charge on any atom is 0.171 e. The van der Waals surface area contributed by atoms with Gasteiger partial charge in [-0.3, -0.25) is 0 Å². The number of benzene rings is 2. The first-order chi connectivity index (χ1) is 10.7. The average Bonchev–Trinajstić information content (AvgIpc) is 2.55. The summed E-state index contributed by atoms with van der Waals surface area (Å²) in [5.74, 6) is 1.70. The van der Waals surface area contributed by atoms with Crippen molar-refractivity contribution in [2.24, 2.45) is 0 Å². The van der Waals surface area contributed by atoms with Gasteiger partial charge >= 0.3 is 0 Å². The van der Waals surface area contributed by atoms with Crippen molar-refractivity contribution in [3.8, 4) is 11.5 Å². The van der Waals surface area contributed by atoms with Crippen molar-refractivity contribution < 1.29 is 9.47 Å². The maximum absolute atomic E-state index is 5.42. The van der Waals surface area contributed by atoms with Gasteiger partial charge in [-0.15, -0.1) is 0 Å². The summed E-state index contributed by atoms with van der Waals surface area (Å²) in [6.07, 6.45) is 0. The fraction of sp³-hybridized carbons (Fsp3) is 0.235. The molecule has 0 bridgehead atoms. The highest BCUT2D eigenvalue weighted by molar-refractivity contribution is 7.80. The smallest absolute Gasteiger partial charge is 0.171 e. The van der Waals surface area contributed by atoms with Crippen molar-refractivity contribution in [1.29, 1.82) is 0 Å². The molecule has 2 aromatic carbocycles. The van der Waals surface area contributed by atoms with Gasteiger partial charge in [-0.2, -0.15) is 0 Å². The third kappa shape index (κ3) is 4.93. The SMILES string of the molecule is CCOc1ccc(CNC(=S)Nc2ccc(OC)cc2)cc1. The molecule has 2 rings (SSSR count). The standard InChI is InChI=1S/C17H20N2O2S/c1-3-21-16-8-4-13(5-9-16)12-18-17(22)19-14-6-10-15(20-2)11-7-14/h4-11H,3,12H2,1-2H3,(H2,18,19,22). The van der Waals surface area contributed by atoms with E-state index in [0.717, 1.165) is 22.7 Å². The molecule has 0 aliphatic rings. The van der Waals surface area contributed by atoms with E-state index in [1.807, 2.05) is 55.5 Å². The molecule has 0 radical (unpaired) electrons. The first kappa shape index (κ1) is 16.1. The predicted molar refractivity (Wildman–Crippen MR) is 93.7 cm³/mol. The second kappa shape index (κ2) is 8.24. The summed E-state index contributed by atoms with van der Waals surface area (Å²) in [7, 11) is 1.64. The summed E-state index contributed by atoms with van der Waals surface area (Å²) in [5, 5.41) is 6.89. The molecule has 0 unspecified atom stereocenters. The van der Waals surface area contributed by atoms with E-state index in [9.17, 15) is 0 Å². The van der Waals surface area contributed by atoms with Crippen LogP contribution in [0.5, 0.6) is 11.5 Å². The van der Waals surface area contributed by atoms with Crippen LogP contribution in [0, 0.1) is 0 Å². The van der Waals surface area contributed by atoms with Gasteiger partial charge < -0.3 is 20.1 Å². The van der Waals surface area contributed by atoms with Gasteiger partial charge in [-0.25, -0.2) is 0 Å². The third-order valence-electron chi connectivity index (χ3n) is 3.04. The van der Waals surface area contributed by atoms with Crippen LogP contribution < -0.4 is 20.1 Å². The number of hydrogen-bond acceptors (Lipinski definition) is 3. The minimum Gasteiger partial charge on any atom is -0.497 e. The second-order valence-corrected chi connectivity index (χ2v) is 5.02. The van der Waals surface area contributed by atoms with Crippen LogP contribution in [0.25, 0.3) is 0 Å². The van der Waals surface area contributed by atoms with Crippen molar-refractivity contribution in [2.45, 2.75) is 13.5 Å². The van der Waals surface area contributed by atoms with Gasteiger partial charge in [0.2, 0.25) is 0 Å². The number of ether oxygens (including phenoxy) is 2. The minimum atomic E-state index is 0.582. The van der Waals surface area contributed by atoms with Crippen LogP contribution in [-0.2, 0) is 6.54 Å². The molecule has 0 spiro atoms. The fourth-order valence-corrected chi connectivity index (χ4v) is 2.09. The van der Waals surface area contributed by atoms with Crippen LogP contribution in [0.2, 0.25) is 0 Å². The predicted octanol–water partition coefficient (Wildman–Crippen LogP) is 3.58. The molecule has 22 heavy (non-hydrogen) atoms. The highest BCUT2D eigenvalue weighted by atomic mass is 32.1. The van der Waals surface area contributed by atoms with Crippen LogP contribution >= 0.6 is 12.2 Å². The summed E-state index contributed by atoms with van der Waals surface area (Å²) in [4.78, 5) is 0. The lowest BCUT2D eigenvalue weighted by Gasteiger charge is -2.11. The zero-order valence-corrected chi connectivity index (χ0v) is 13.6. The quantitative estimate of drug-likeness (QED) is 0.797. The third-order valence-corrected chi connectivity index (χ3v) is 3.28. The van der Waals surface area contributed by atoms with Gasteiger partial charge in [-0.1, -0.05) is 12.1 Å². The van der Waals surface area contributed by atoms with Gasteiger partial charge in [0.25, 0.3) is 0 Å². The lowest BCUT2D eigenvalue weighted by molar-refractivity contribution is 0.340. The van der Waals surface area contributed by atoms with E-state index in [2.05, 4.69) is 10.6 Å². The van der Waals surface area contributed by atoms with Gasteiger partial charge in [-0.05, 0) is 61.1 Å². The second-order valence-electron chi connectivity index (χ2n) is 4.61. The summed E-state index contributed by atoms with van der Waals surface area (Å²) < 4.78 is 10.5. The van der Waals surface area contributed by atoms with E-state index in [1.165, 1.54) is 0 Å². The molecule has 0 amide bonds. The molecule has 0 aromatic heterocycles. The number of nitrogens with one attached hydrogen (secondary N) is 2. The van der Waals surface area contributed by atoms with Crippen molar-refractivity contribution in [3.05, 3.63) is 54.1 Å². The molecular weight excluding hydrogens is 296 g/mol. The Kier molecular flexibility index (Phi) is 6.03. The molecule has 0 atom stereocenters. The van der Waals surface area contributed by atoms with Crippen LogP contribution in [0.4, 0.5) is 5.69 Å². The van der Waals surface area contributed by atoms with E-state index >= 15 is 0 Å².